The minimum absolute atomic E-state index is 0.397. The maximum atomic E-state index is 5.63. The number of methoxy groups -OCH3 is 1. The van der Waals surface area contributed by atoms with Gasteiger partial charge in [0.2, 0.25) is 0 Å². The van der Waals surface area contributed by atoms with Crippen LogP contribution in [-0.4, -0.2) is 30.1 Å². The highest BCUT2D eigenvalue weighted by molar-refractivity contribution is 7.80. The largest absolute Gasteiger partial charge is 0.497 e. The number of ether oxygens (including phenoxy) is 1. The Bertz CT molecular complexity index is 395. The van der Waals surface area contributed by atoms with Crippen LogP contribution in [0.1, 0.15) is 25.3 Å². The predicted octanol–water partition coefficient (Wildman–Crippen LogP) is 2.58. The van der Waals surface area contributed by atoms with Gasteiger partial charge in [-0.1, -0.05) is 31.3 Å². The van der Waals surface area contributed by atoms with Crippen molar-refractivity contribution in [1.29, 1.82) is 0 Å². The van der Waals surface area contributed by atoms with Crippen molar-refractivity contribution in [3.63, 3.8) is 0 Å². The molecule has 100 valence electrons. The third-order valence-electron chi connectivity index (χ3n) is 3.10. The van der Waals surface area contributed by atoms with Crippen LogP contribution in [-0.2, 0) is 6.54 Å². The van der Waals surface area contributed by atoms with Crippen LogP contribution < -0.4 is 10.5 Å². The molecule has 3 nitrogen and oxygen atoms in total. The fourth-order valence-corrected chi connectivity index (χ4v) is 2.22. The summed E-state index contributed by atoms with van der Waals surface area (Å²) < 4.78 is 5.23. The van der Waals surface area contributed by atoms with Gasteiger partial charge in [-0.15, -0.1) is 0 Å². The quantitative estimate of drug-likeness (QED) is 0.770. The Morgan fingerprint density at radius 1 is 1.50 bits per heavy atom. The van der Waals surface area contributed by atoms with Crippen LogP contribution in [0.4, 0.5) is 0 Å². The Hall–Kier alpha value is -1.13. The van der Waals surface area contributed by atoms with Crippen LogP contribution in [0.3, 0.4) is 0 Å². The van der Waals surface area contributed by atoms with Crippen molar-refractivity contribution in [3.05, 3.63) is 29.8 Å². The first-order chi connectivity index (χ1) is 8.56. The molecule has 0 saturated heterocycles. The van der Waals surface area contributed by atoms with E-state index in [-0.39, 0.29) is 0 Å². The molecule has 1 aromatic carbocycles. The molecule has 0 bridgehead atoms. The van der Waals surface area contributed by atoms with Gasteiger partial charge >= 0.3 is 0 Å². The molecule has 18 heavy (non-hydrogen) atoms. The van der Waals surface area contributed by atoms with Gasteiger partial charge in [0, 0.05) is 19.0 Å². The molecule has 0 fully saturated rings. The lowest BCUT2D eigenvalue weighted by atomic mass is 10.1. The summed E-state index contributed by atoms with van der Waals surface area (Å²) >= 11 is 4.99. The van der Waals surface area contributed by atoms with Crippen LogP contribution in [0, 0.1) is 0 Å². The minimum atomic E-state index is 0.397. The van der Waals surface area contributed by atoms with Crippen LogP contribution in [0.2, 0.25) is 0 Å². The topological polar surface area (TPSA) is 38.5 Å². The van der Waals surface area contributed by atoms with Crippen molar-refractivity contribution in [1.82, 2.24) is 4.90 Å². The van der Waals surface area contributed by atoms with E-state index in [1.807, 2.05) is 12.1 Å². The molecule has 1 unspecified atom stereocenters. The van der Waals surface area contributed by atoms with E-state index in [0.29, 0.717) is 11.0 Å². The Morgan fingerprint density at radius 3 is 2.78 bits per heavy atom. The minimum Gasteiger partial charge on any atom is -0.497 e. The summed E-state index contributed by atoms with van der Waals surface area (Å²) in [6.45, 7) is 3.03. The number of nitrogens with zero attached hydrogens (tertiary/aromatic N) is 1. The lowest BCUT2D eigenvalue weighted by Gasteiger charge is -2.27. The van der Waals surface area contributed by atoms with Crippen molar-refractivity contribution in [2.45, 2.75) is 32.4 Å². The van der Waals surface area contributed by atoms with Crippen molar-refractivity contribution in [2.75, 3.05) is 14.2 Å². The van der Waals surface area contributed by atoms with Crippen LogP contribution in [0.25, 0.3) is 0 Å². The third kappa shape index (κ3) is 4.63. The molecule has 0 spiro atoms. The standard InChI is InChI=1S/C14H22N2OS/c1-4-12(9-14(15)18)16(2)10-11-6-5-7-13(8-11)17-3/h5-8,12H,4,9-10H2,1-3H3,(H2,15,18). The van der Waals surface area contributed by atoms with E-state index < -0.39 is 0 Å². The first kappa shape index (κ1) is 14.9. The summed E-state index contributed by atoms with van der Waals surface area (Å²) in [6.07, 6.45) is 1.81. The fraction of sp³-hybridized carbons (Fsp3) is 0.500. The number of nitrogens with two attached hydrogens (primary N) is 1. The summed E-state index contributed by atoms with van der Waals surface area (Å²) in [5, 5.41) is 0. The van der Waals surface area contributed by atoms with Crippen LogP contribution in [0.15, 0.2) is 24.3 Å². The van der Waals surface area contributed by atoms with Gasteiger partial charge in [-0.05, 0) is 31.2 Å². The Kier molecular flexibility index (Phi) is 6.09. The monoisotopic (exact) mass is 266 g/mol. The molecule has 1 rings (SSSR count). The number of thiocarbonyl (C=S) groups is 1. The number of rotatable bonds is 7. The van der Waals surface area contributed by atoms with Crippen molar-refractivity contribution < 1.29 is 4.74 Å². The number of hydrogen-bond donors (Lipinski definition) is 1. The van der Waals surface area contributed by atoms with Gasteiger partial charge < -0.3 is 10.5 Å². The summed E-state index contributed by atoms with van der Waals surface area (Å²) in [6, 6.07) is 8.52. The van der Waals surface area contributed by atoms with E-state index in [4.69, 9.17) is 22.7 Å². The average molecular weight is 266 g/mol. The second-order valence-corrected chi connectivity index (χ2v) is 5.02. The van der Waals surface area contributed by atoms with E-state index in [1.54, 1.807) is 7.11 Å². The lowest BCUT2D eigenvalue weighted by molar-refractivity contribution is 0.233. The first-order valence-electron chi connectivity index (χ1n) is 6.18. The number of hydrogen-bond acceptors (Lipinski definition) is 3. The third-order valence-corrected chi connectivity index (χ3v) is 3.26. The Balaban J connectivity index is 2.66. The van der Waals surface area contributed by atoms with Gasteiger partial charge in [-0.25, -0.2) is 0 Å². The molecule has 1 atom stereocenters. The van der Waals surface area contributed by atoms with E-state index in [9.17, 15) is 0 Å². The highest BCUT2D eigenvalue weighted by atomic mass is 32.1. The number of benzene rings is 1. The molecule has 2 N–H and O–H groups in total. The molecule has 0 aliphatic carbocycles. The zero-order valence-electron chi connectivity index (χ0n) is 11.3. The normalized spacial score (nSPS) is 12.4. The molecule has 0 saturated carbocycles. The SMILES string of the molecule is CCC(CC(N)=S)N(C)Cc1cccc(OC)c1. The van der Waals surface area contributed by atoms with Gasteiger partial charge in [0.05, 0.1) is 12.1 Å². The molecule has 0 aliphatic rings. The summed E-state index contributed by atoms with van der Waals surface area (Å²) in [7, 11) is 3.79. The van der Waals surface area contributed by atoms with Crippen LogP contribution >= 0.6 is 12.2 Å². The highest BCUT2D eigenvalue weighted by Gasteiger charge is 2.14. The molecule has 0 amide bonds. The molecular weight excluding hydrogens is 244 g/mol. The Morgan fingerprint density at radius 2 is 2.22 bits per heavy atom. The zero-order valence-corrected chi connectivity index (χ0v) is 12.2. The van der Waals surface area contributed by atoms with E-state index in [2.05, 4.69) is 31.0 Å². The molecule has 0 heterocycles. The Labute approximate surface area is 115 Å². The predicted molar refractivity (Wildman–Crippen MR) is 79.9 cm³/mol. The first-order valence-corrected chi connectivity index (χ1v) is 6.59. The smallest absolute Gasteiger partial charge is 0.119 e. The molecule has 0 aromatic heterocycles. The van der Waals surface area contributed by atoms with Crippen molar-refractivity contribution in [3.8, 4) is 5.75 Å². The zero-order chi connectivity index (χ0) is 13.5. The summed E-state index contributed by atoms with van der Waals surface area (Å²) in [4.78, 5) is 2.87. The highest BCUT2D eigenvalue weighted by Crippen LogP contribution is 2.16. The molecule has 0 radical (unpaired) electrons. The molecule has 0 aliphatic heterocycles. The van der Waals surface area contributed by atoms with E-state index in [0.717, 1.165) is 25.1 Å². The van der Waals surface area contributed by atoms with Gasteiger partial charge in [0.25, 0.3) is 0 Å². The molecule has 4 heteroatoms. The van der Waals surface area contributed by atoms with E-state index >= 15 is 0 Å². The second-order valence-electron chi connectivity index (χ2n) is 4.50. The maximum Gasteiger partial charge on any atom is 0.119 e. The van der Waals surface area contributed by atoms with Crippen LogP contribution in [0.5, 0.6) is 5.75 Å². The fourth-order valence-electron chi connectivity index (χ4n) is 2.03. The molecular formula is C14H22N2OS. The summed E-state index contributed by atoms with van der Waals surface area (Å²) in [5.41, 5.74) is 6.86. The summed E-state index contributed by atoms with van der Waals surface area (Å²) in [5.74, 6) is 0.892. The average Bonchev–Trinajstić information content (AvgIpc) is 2.35. The second kappa shape index (κ2) is 7.34. The van der Waals surface area contributed by atoms with Gasteiger partial charge in [0.15, 0.2) is 0 Å². The van der Waals surface area contributed by atoms with Crippen molar-refractivity contribution >= 4 is 17.2 Å². The van der Waals surface area contributed by atoms with Gasteiger partial charge in [-0.3, -0.25) is 4.90 Å². The lowest BCUT2D eigenvalue weighted by Crippen LogP contribution is -2.34. The van der Waals surface area contributed by atoms with Crippen molar-refractivity contribution in [2.24, 2.45) is 5.73 Å². The molecule has 1 aromatic rings. The maximum absolute atomic E-state index is 5.63. The van der Waals surface area contributed by atoms with Gasteiger partial charge in [-0.2, -0.15) is 0 Å². The van der Waals surface area contributed by atoms with Gasteiger partial charge in [0.1, 0.15) is 5.75 Å². The van der Waals surface area contributed by atoms with E-state index in [1.165, 1.54) is 5.56 Å².